The summed E-state index contributed by atoms with van der Waals surface area (Å²) in [4.78, 5) is 14.7. The Morgan fingerprint density at radius 2 is 1.95 bits per heavy atom. The number of carbonyl (C=O) groups is 1. The molecule has 0 spiro atoms. The molecule has 6 nitrogen and oxygen atoms in total. The van der Waals surface area contributed by atoms with Crippen LogP contribution in [0.25, 0.3) is 0 Å². The van der Waals surface area contributed by atoms with Gasteiger partial charge in [0.2, 0.25) is 0 Å². The molecule has 2 aromatic rings. The van der Waals surface area contributed by atoms with E-state index in [1.54, 1.807) is 14.2 Å². The molecule has 1 aromatic heterocycles. The second kappa shape index (κ2) is 5.69. The predicted molar refractivity (Wildman–Crippen MR) is 77.9 cm³/mol. The van der Waals surface area contributed by atoms with Gasteiger partial charge in [0.1, 0.15) is 4.88 Å². The fourth-order valence-electron chi connectivity index (χ4n) is 2.47. The van der Waals surface area contributed by atoms with Crippen LogP contribution in [0.2, 0.25) is 0 Å². The number of hydrogen-bond donors (Lipinski definition) is 0. The number of aromatic nitrogens is 2. The molecular formula is C14H15N3O3S. The van der Waals surface area contributed by atoms with Gasteiger partial charge in [0.25, 0.3) is 5.91 Å². The van der Waals surface area contributed by atoms with Crippen molar-refractivity contribution in [3.63, 3.8) is 0 Å². The monoisotopic (exact) mass is 305 g/mol. The molecule has 1 aromatic carbocycles. The van der Waals surface area contributed by atoms with Crippen LogP contribution < -0.4 is 9.47 Å². The van der Waals surface area contributed by atoms with Crippen LogP contribution >= 0.6 is 11.5 Å². The Labute approximate surface area is 126 Å². The van der Waals surface area contributed by atoms with Gasteiger partial charge in [-0.2, -0.15) is 0 Å². The van der Waals surface area contributed by atoms with Crippen LogP contribution in [0.15, 0.2) is 18.3 Å². The molecule has 1 aliphatic heterocycles. The number of fused-ring (bicyclic) bond motifs is 1. The van der Waals surface area contributed by atoms with Crippen LogP contribution in [0, 0.1) is 0 Å². The number of rotatable bonds is 3. The third-order valence-electron chi connectivity index (χ3n) is 3.58. The summed E-state index contributed by atoms with van der Waals surface area (Å²) in [7, 11) is 3.23. The summed E-state index contributed by atoms with van der Waals surface area (Å²) in [6, 6.07) is 3.93. The van der Waals surface area contributed by atoms with E-state index in [4.69, 9.17) is 9.47 Å². The Morgan fingerprint density at radius 1 is 1.24 bits per heavy atom. The van der Waals surface area contributed by atoms with Gasteiger partial charge in [-0.15, -0.1) is 5.10 Å². The lowest BCUT2D eigenvalue weighted by Gasteiger charge is -2.29. The van der Waals surface area contributed by atoms with Crippen molar-refractivity contribution >= 4 is 17.4 Å². The molecule has 0 saturated carbocycles. The summed E-state index contributed by atoms with van der Waals surface area (Å²) < 4.78 is 14.4. The van der Waals surface area contributed by atoms with E-state index < -0.39 is 0 Å². The van der Waals surface area contributed by atoms with Crippen molar-refractivity contribution in [1.82, 2.24) is 14.5 Å². The number of methoxy groups -OCH3 is 2. The molecule has 0 fully saturated rings. The molecule has 7 heteroatoms. The highest BCUT2D eigenvalue weighted by Crippen LogP contribution is 2.33. The summed E-state index contributed by atoms with van der Waals surface area (Å²) in [5, 5.41) is 3.72. The third-order valence-corrected chi connectivity index (χ3v) is 4.23. The normalized spacial score (nSPS) is 13.7. The van der Waals surface area contributed by atoms with Gasteiger partial charge in [0.05, 0.1) is 20.4 Å². The number of nitrogens with zero attached hydrogens (tertiary/aromatic N) is 3. The van der Waals surface area contributed by atoms with E-state index >= 15 is 0 Å². The molecule has 110 valence electrons. The molecule has 3 rings (SSSR count). The molecule has 0 bridgehead atoms. The van der Waals surface area contributed by atoms with Crippen molar-refractivity contribution in [2.24, 2.45) is 0 Å². The van der Waals surface area contributed by atoms with Crippen LogP contribution in [-0.4, -0.2) is 41.2 Å². The summed E-state index contributed by atoms with van der Waals surface area (Å²) >= 11 is 1.12. The second-order valence-electron chi connectivity index (χ2n) is 4.73. The van der Waals surface area contributed by atoms with Gasteiger partial charge in [-0.25, -0.2) is 0 Å². The van der Waals surface area contributed by atoms with Gasteiger partial charge in [-0.3, -0.25) is 4.79 Å². The van der Waals surface area contributed by atoms with E-state index in [1.165, 1.54) is 11.8 Å². The quantitative estimate of drug-likeness (QED) is 0.864. The first-order valence-corrected chi connectivity index (χ1v) is 7.30. The minimum atomic E-state index is -0.0227. The van der Waals surface area contributed by atoms with Crippen molar-refractivity contribution in [2.45, 2.75) is 13.0 Å². The maximum atomic E-state index is 12.3. The predicted octanol–water partition coefficient (Wildman–Crippen LogP) is 1.75. The van der Waals surface area contributed by atoms with E-state index in [9.17, 15) is 4.79 Å². The molecule has 0 unspecified atom stereocenters. The van der Waals surface area contributed by atoms with E-state index in [1.807, 2.05) is 17.0 Å². The highest BCUT2D eigenvalue weighted by molar-refractivity contribution is 7.07. The minimum Gasteiger partial charge on any atom is -0.493 e. The molecule has 0 atom stereocenters. The number of carbonyl (C=O) groups excluding carboxylic acids is 1. The molecule has 1 amide bonds. The van der Waals surface area contributed by atoms with Crippen LogP contribution in [0.5, 0.6) is 11.5 Å². The highest BCUT2D eigenvalue weighted by Gasteiger charge is 2.24. The molecular weight excluding hydrogens is 290 g/mol. The lowest BCUT2D eigenvalue weighted by atomic mass is 9.98. The number of benzene rings is 1. The molecule has 21 heavy (non-hydrogen) atoms. The Hall–Kier alpha value is -2.15. The van der Waals surface area contributed by atoms with Crippen molar-refractivity contribution < 1.29 is 14.3 Å². The third kappa shape index (κ3) is 2.56. The summed E-state index contributed by atoms with van der Waals surface area (Å²) in [6.07, 6.45) is 2.31. The fraction of sp³-hybridized carbons (Fsp3) is 0.357. The number of amides is 1. The maximum Gasteiger partial charge on any atom is 0.267 e. The van der Waals surface area contributed by atoms with Gasteiger partial charge in [-0.1, -0.05) is 4.49 Å². The molecule has 0 N–H and O–H groups in total. The van der Waals surface area contributed by atoms with Gasteiger partial charge in [-0.05, 0) is 41.2 Å². The van der Waals surface area contributed by atoms with Crippen molar-refractivity contribution in [3.05, 3.63) is 34.3 Å². The Kier molecular flexibility index (Phi) is 3.74. The zero-order chi connectivity index (χ0) is 14.8. The van der Waals surface area contributed by atoms with Crippen LogP contribution in [0.4, 0.5) is 0 Å². The van der Waals surface area contributed by atoms with E-state index in [0.29, 0.717) is 23.7 Å². The SMILES string of the molecule is COc1cc2c(cc1OC)CN(C(=O)c1cnns1)CC2. The van der Waals surface area contributed by atoms with Gasteiger partial charge in [0.15, 0.2) is 11.5 Å². The van der Waals surface area contributed by atoms with Crippen LogP contribution in [-0.2, 0) is 13.0 Å². The first kappa shape index (κ1) is 13.8. The zero-order valence-corrected chi connectivity index (χ0v) is 12.6. The molecule has 0 radical (unpaired) electrons. The van der Waals surface area contributed by atoms with Crippen LogP contribution in [0.1, 0.15) is 20.8 Å². The number of ether oxygens (including phenoxy) is 2. The zero-order valence-electron chi connectivity index (χ0n) is 11.8. The fourth-order valence-corrected chi connectivity index (χ4v) is 2.96. The lowest BCUT2D eigenvalue weighted by Crippen LogP contribution is -2.35. The van der Waals surface area contributed by atoms with Gasteiger partial charge in [0, 0.05) is 13.1 Å². The maximum absolute atomic E-state index is 12.3. The van der Waals surface area contributed by atoms with Crippen molar-refractivity contribution in [2.75, 3.05) is 20.8 Å². The first-order valence-electron chi connectivity index (χ1n) is 6.53. The Bertz CT molecular complexity index is 658. The lowest BCUT2D eigenvalue weighted by molar-refractivity contribution is 0.0739. The molecule has 2 heterocycles. The molecule has 0 aliphatic carbocycles. The highest BCUT2D eigenvalue weighted by atomic mass is 32.1. The number of hydrogen-bond acceptors (Lipinski definition) is 6. The average Bonchev–Trinajstić information content (AvgIpc) is 3.06. The van der Waals surface area contributed by atoms with Gasteiger partial charge >= 0.3 is 0 Å². The molecule has 1 aliphatic rings. The first-order chi connectivity index (χ1) is 10.2. The summed E-state index contributed by atoms with van der Waals surface area (Å²) in [6.45, 7) is 1.24. The van der Waals surface area contributed by atoms with E-state index in [2.05, 4.69) is 9.59 Å². The standard InChI is InChI=1S/C14H15N3O3S/c1-19-11-5-9-3-4-17(8-10(9)6-12(11)20-2)14(18)13-7-15-16-21-13/h5-7H,3-4,8H2,1-2H3. The average molecular weight is 305 g/mol. The largest absolute Gasteiger partial charge is 0.493 e. The van der Waals surface area contributed by atoms with Crippen molar-refractivity contribution in [3.8, 4) is 11.5 Å². The topological polar surface area (TPSA) is 64.6 Å². The molecule has 0 saturated heterocycles. The van der Waals surface area contributed by atoms with Crippen LogP contribution in [0.3, 0.4) is 0 Å². The van der Waals surface area contributed by atoms with Crippen molar-refractivity contribution in [1.29, 1.82) is 0 Å². The Balaban J connectivity index is 1.86. The van der Waals surface area contributed by atoms with Gasteiger partial charge < -0.3 is 14.4 Å². The summed E-state index contributed by atoms with van der Waals surface area (Å²) in [5.41, 5.74) is 2.28. The minimum absolute atomic E-state index is 0.0227. The second-order valence-corrected chi connectivity index (χ2v) is 5.52. The summed E-state index contributed by atoms with van der Waals surface area (Å²) in [5.74, 6) is 1.39. The Morgan fingerprint density at radius 3 is 2.57 bits per heavy atom. The van der Waals surface area contributed by atoms with E-state index in [0.717, 1.165) is 29.3 Å². The smallest absolute Gasteiger partial charge is 0.267 e. The van der Waals surface area contributed by atoms with E-state index in [-0.39, 0.29) is 5.91 Å².